The number of alkyl halides is 3. The van der Waals surface area contributed by atoms with Crippen LogP contribution in [0.5, 0.6) is 0 Å². The van der Waals surface area contributed by atoms with Gasteiger partial charge in [0.2, 0.25) is 0 Å². The largest absolute Gasteiger partial charge is 0.468 e. The Morgan fingerprint density at radius 3 is 2.38 bits per heavy atom. The highest BCUT2D eigenvalue weighted by Gasteiger charge is 2.33. The Bertz CT molecular complexity index is 500. The second-order valence-electron chi connectivity index (χ2n) is 5.03. The predicted octanol–water partition coefficient (Wildman–Crippen LogP) is 3.30. The van der Waals surface area contributed by atoms with Crippen molar-refractivity contribution in [2.45, 2.75) is 26.1 Å². The SMILES string of the molecule is COC(=O)C(NCC(C)C)c1cc(F)cc(C(F)(F)F)c1. The highest BCUT2D eigenvalue weighted by atomic mass is 19.4. The first kappa shape index (κ1) is 17.4. The fourth-order valence-corrected chi connectivity index (χ4v) is 1.75. The molecule has 0 saturated heterocycles. The monoisotopic (exact) mass is 307 g/mol. The molecule has 0 bridgehead atoms. The lowest BCUT2D eigenvalue weighted by atomic mass is 10.0. The van der Waals surface area contributed by atoms with Crippen LogP contribution in [0.1, 0.15) is 31.0 Å². The van der Waals surface area contributed by atoms with Crippen LogP contribution in [0.15, 0.2) is 18.2 Å². The lowest BCUT2D eigenvalue weighted by Crippen LogP contribution is -2.32. The van der Waals surface area contributed by atoms with Crippen molar-refractivity contribution < 1.29 is 27.1 Å². The molecule has 1 aromatic carbocycles. The van der Waals surface area contributed by atoms with Crippen molar-refractivity contribution >= 4 is 5.97 Å². The second-order valence-corrected chi connectivity index (χ2v) is 5.03. The molecular formula is C14H17F4NO2. The van der Waals surface area contributed by atoms with Crippen molar-refractivity contribution in [2.75, 3.05) is 13.7 Å². The highest BCUT2D eigenvalue weighted by Crippen LogP contribution is 2.32. The normalized spacial score (nSPS) is 13.3. The van der Waals surface area contributed by atoms with Crippen molar-refractivity contribution in [3.8, 4) is 0 Å². The van der Waals surface area contributed by atoms with E-state index in [1.54, 1.807) is 0 Å². The Hall–Kier alpha value is -1.63. The van der Waals surface area contributed by atoms with E-state index in [-0.39, 0.29) is 11.5 Å². The Labute approximate surface area is 120 Å². The summed E-state index contributed by atoms with van der Waals surface area (Å²) in [6.45, 7) is 4.11. The molecule has 1 rings (SSSR count). The van der Waals surface area contributed by atoms with Gasteiger partial charge < -0.3 is 10.1 Å². The van der Waals surface area contributed by atoms with E-state index in [4.69, 9.17) is 0 Å². The van der Waals surface area contributed by atoms with Gasteiger partial charge in [-0.25, -0.2) is 9.18 Å². The van der Waals surface area contributed by atoms with Gasteiger partial charge in [-0.1, -0.05) is 13.8 Å². The Morgan fingerprint density at radius 2 is 1.90 bits per heavy atom. The number of carbonyl (C=O) groups excluding carboxylic acids is 1. The number of halogens is 4. The smallest absolute Gasteiger partial charge is 0.416 e. The maximum Gasteiger partial charge on any atom is 0.416 e. The number of methoxy groups -OCH3 is 1. The molecule has 0 heterocycles. The van der Waals surface area contributed by atoms with Gasteiger partial charge in [-0.15, -0.1) is 0 Å². The summed E-state index contributed by atoms with van der Waals surface area (Å²) in [6, 6.07) is 0.886. The molecule has 0 radical (unpaired) electrons. The van der Waals surface area contributed by atoms with Crippen LogP contribution < -0.4 is 5.32 Å². The van der Waals surface area contributed by atoms with Crippen LogP contribution in [0.3, 0.4) is 0 Å². The molecule has 1 aromatic rings. The minimum atomic E-state index is -4.68. The number of esters is 1. The number of hydrogen-bond acceptors (Lipinski definition) is 3. The average Bonchev–Trinajstić information content (AvgIpc) is 2.36. The van der Waals surface area contributed by atoms with E-state index < -0.39 is 29.6 Å². The van der Waals surface area contributed by atoms with Gasteiger partial charge >= 0.3 is 12.1 Å². The van der Waals surface area contributed by atoms with E-state index in [1.807, 2.05) is 13.8 Å². The third kappa shape index (κ3) is 5.00. The summed E-state index contributed by atoms with van der Waals surface area (Å²) >= 11 is 0. The van der Waals surface area contributed by atoms with Gasteiger partial charge in [-0.3, -0.25) is 0 Å². The number of rotatable bonds is 5. The van der Waals surface area contributed by atoms with Crippen molar-refractivity contribution in [1.29, 1.82) is 0 Å². The predicted molar refractivity (Wildman–Crippen MR) is 69.0 cm³/mol. The van der Waals surface area contributed by atoms with Gasteiger partial charge in [0.1, 0.15) is 11.9 Å². The maximum atomic E-state index is 13.4. The standard InChI is InChI=1S/C14H17F4NO2/c1-8(2)7-19-12(13(20)21-3)9-4-10(14(16,17)18)6-11(15)5-9/h4-6,8,12,19H,7H2,1-3H3. The molecule has 0 spiro atoms. The summed E-state index contributed by atoms with van der Waals surface area (Å²) in [5.74, 6) is -1.66. The highest BCUT2D eigenvalue weighted by molar-refractivity contribution is 5.77. The van der Waals surface area contributed by atoms with Gasteiger partial charge in [-0.2, -0.15) is 13.2 Å². The number of hydrogen-bond donors (Lipinski definition) is 1. The molecule has 118 valence electrons. The summed E-state index contributed by atoms with van der Waals surface area (Å²) in [7, 11) is 1.12. The summed E-state index contributed by atoms with van der Waals surface area (Å²) in [5, 5.41) is 2.78. The minimum Gasteiger partial charge on any atom is -0.468 e. The topological polar surface area (TPSA) is 38.3 Å². The Morgan fingerprint density at radius 1 is 1.29 bits per heavy atom. The number of benzene rings is 1. The maximum absolute atomic E-state index is 13.4. The fourth-order valence-electron chi connectivity index (χ4n) is 1.75. The molecule has 0 aliphatic heterocycles. The molecule has 0 amide bonds. The lowest BCUT2D eigenvalue weighted by molar-refractivity contribution is -0.144. The average molecular weight is 307 g/mol. The van der Waals surface area contributed by atoms with Crippen LogP contribution in [0.2, 0.25) is 0 Å². The minimum absolute atomic E-state index is 0.116. The van der Waals surface area contributed by atoms with Gasteiger partial charge in [-0.05, 0) is 36.2 Å². The van der Waals surface area contributed by atoms with E-state index in [0.29, 0.717) is 12.6 Å². The van der Waals surface area contributed by atoms with Crippen LogP contribution in [0.4, 0.5) is 17.6 Å². The van der Waals surface area contributed by atoms with Crippen LogP contribution in [0.25, 0.3) is 0 Å². The van der Waals surface area contributed by atoms with Gasteiger partial charge in [0.15, 0.2) is 0 Å². The zero-order valence-electron chi connectivity index (χ0n) is 11.9. The molecule has 3 nitrogen and oxygen atoms in total. The van der Waals surface area contributed by atoms with Crippen LogP contribution >= 0.6 is 0 Å². The molecule has 0 aliphatic rings. The number of ether oxygens (including phenoxy) is 1. The van der Waals surface area contributed by atoms with Crippen molar-refractivity contribution in [2.24, 2.45) is 5.92 Å². The van der Waals surface area contributed by atoms with Crippen LogP contribution in [-0.4, -0.2) is 19.6 Å². The molecule has 0 fully saturated rings. The quantitative estimate of drug-likeness (QED) is 0.670. The number of nitrogens with one attached hydrogen (secondary N) is 1. The molecule has 0 saturated carbocycles. The molecule has 1 N–H and O–H groups in total. The molecule has 1 atom stereocenters. The first-order valence-electron chi connectivity index (χ1n) is 6.34. The van der Waals surface area contributed by atoms with E-state index in [1.165, 1.54) is 0 Å². The van der Waals surface area contributed by atoms with Crippen LogP contribution in [-0.2, 0) is 15.7 Å². The molecule has 0 aromatic heterocycles. The molecule has 0 aliphatic carbocycles. The summed E-state index contributed by atoms with van der Waals surface area (Å²) < 4.78 is 56.1. The van der Waals surface area contributed by atoms with Crippen LogP contribution in [0, 0.1) is 11.7 Å². The molecular weight excluding hydrogens is 290 g/mol. The summed E-state index contributed by atoms with van der Waals surface area (Å²) in [5.41, 5.74) is -1.26. The summed E-state index contributed by atoms with van der Waals surface area (Å²) in [4.78, 5) is 11.7. The lowest BCUT2D eigenvalue weighted by Gasteiger charge is -2.19. The van der Waals surface area contributed by atoms with Gasteiger partial charge in [0.05, 0.1) is 12.7 Å². The van der Waals surface area contributed by atoms with E-state index in [2.05, 4.69) is 10.1 Å². The first-order valence-corrected chi connectivity index (χ1v) is 6.34. The van der Waals surface area contributed by atoms with E-state index in [0.717, 1.165) is 19.2 Å². The van der Waals surface area contributed by atoms with E-state index >= 15 is 0 Å². The van der Waals surface area contributed by atoms with E-state index in [9.17, 15) is 22.4 Å². The molecule has 21 heavy (non-hydrogen) atoms. The number of carbonyl (C=O) groups is 1. The summed E-state index contributed by atoms with van der Waals surface area (Å²) in [6.07, 6.45) is -4.68. The van der Waals surface area contributed by atoms with Crippen molar-refractivity contribution in [1.82, 2.24) is 5.32 Å². The third-order valence-electron chi connectivity index (χ3n) is 2.75. The Balaban J connectivity index is 3.17. The van der Waals surface area contributed by atoms with Gasteiger partial charge in [0.25, 0.3) is 0 Å². The van der Waals surface area contributed by atoms with Crippen molar-refractivity contribution in [3.05, 3.63) is 35.1 Å². The Kier molecular flexibility index (Phi) is 5.71. The zero-order chi connectivity index (χ0) is 16.2. The second kappa shape index (κ2) is 6.89. The van der Waals surface area contributed by atoms with Gasteiger partial charge in [0, 0.05) is 0 Å². The third-order valence-corrected chi connectivity index (χ3v) is 2.75. The molecule has 1 unspecified atom stereocenters. The molecule has 7 heteroatoms. The fraction of sp³-hybridized carbons (Fsp3) is 0.500. The van der Waals surface area contributed by atoms with Crippen molar-refractivity contribution in [3.63, 3.8) is 0 Å². The zero-order valence-corrected chi connectivity index (χ0v) is 11.9. The first-order chi connectivity index (χ1) is 9.65.